The highest BCUT2D eigenvalue weighted by Gasteiger charge is 2.48. The summed E-state index contributed by atoms with van der Waals surface area (Å²) < 4.78 is 37.9. The van der Waals surface area contributed by atoms with Crippen LogP contribution in [0.1, 0.15) is 26.7 Å². The molecule has 2 atom stereocenters. The first-order valence-electron chi connectivity index (χ1n) is 5.54. The van der Waals surface area contributed by atoms with Crippen LogP contribution in [0.15, 0.2) is 34.9 Å². The van der Waals surface area contributed by atoms with Crippen molar-refractivity contribution in [1.82, 2.24) is 0 Å². The van der Waals surface area contributed by atoms with Crippen molar-refractivity contribution in [3.8, 4) is 0 Å². The van der Waals surface area contributed by atoms with Gasteiger partial charge in [-0.25, -0.2) is 0 Å². The van der Waals surface area contributed by atoms with Crippen molar-refractivity contribution in [2.75, 3.05) is 0 Å². The molecule has 2 aliphatic carbocycles. The van der Waals surface area contributed by atoms with E-state index in [4.69, 9.17) is 0 Å². The van der Waals surface area contributed by atoms with Crippen LogP contribution in [0.4, 0.5) is 13.2 Å². The number of fused-ring (bicyclic) bond motifs is 1. The molecule has 2 rings (SSSR count). The minimum atomic E-state index is -4.20. The van der Waals surface area contributed by atoms with Gasteiger partial charge in [0.15, 0.2) is 0 Å². The summed E-state index contributed by atoms with van der Waals surface area (Å²) in [4.78, 5) is 0. The van der Waals surface area contributed by atoms with Crippen LogP contribution in [0, 0.1) is 11.8 Å². The number of hydrogen-bond acceptors (Lipinski definition) is 0. The molecule has 0 aliphatic heterocycles. The highest BCUT2D eigenvalue weighted by molar-refractivity contribution is 5.53. The summed E-state index contributed by atoms with van der Waals surface area (Å²) >= 11 is 0. The lowest BCUT2D eigenvalue weighted by Gasteiger charge is -2.11. The topological polar surface area (TPSA) is 0 Å². The van der Waals surface area contributed by atoms with Gasteiger partial charge in [-0.15, -0.1) is 0 Å². The zero-order valence-corrected chi connectivity index (χ0v) is 9.49. The SMILES string of the molecule is C=C1C(C)=C(/C=C(\CC)C(F)(F)F)[C@@H]2CC12. The van der Waals surface area contributed by atoms with E-state index < -0.39 is 11.7 Å². The van der Waals surface area contributed by atoms with Crippen molar-refractivity contribution in [2.45, 2.75) is 32.9 Å². The molecule has 88 valence electrons. The van der Waals surface area contributed by atoms with Gasteiger partial charge in [-0.3, -0.25) is 0 Å². The molecule has 16 heavy (non-hydrogen) atoms. The van der Waals surface area contributed by atoms with Crippen LogP contribution in [0.5, 0.6) is 0 Å². The normalized spacial score (nSPS) is 29.8. The third-order valence-corrected chi connectivity index (χ3v) is 3.63. The third kappa shape index (κ3) is 1.72. The molecule has 0 spiro atoms. The second kappa shape index (κ2) is 3.51. The highest BCUT2D eigenvalue weighted by atomic mass is 19.4. The maximum atomic E-state index is 12.6. The first-order chi connectivity index (χ1) is 7.36. The number of alkyl halides is 3. The predicted octanol–water partition coefficient (Wildman–Crippen LogP) is 4.41. The van der Waals surface area contributed by atoms with Gasteiger partial charge in [0.05, 0.1) is 0 Å². The zero-order chi connectivity index (χ0) is 12.1. The second-order valence-corrected chi connectivity index (χ2v) is 4.58. The Balaban J connectivity index is 2.33. The molecule has 0 N–H and O–H groups in total. The summed E-state index contributed by atoms with van der Waals surface area (Å²) in [6.07, 6.45) is -1.84. The van der Waals surface area contributed by atoms with Gasteiger partial charge in [0, 0.05) is 5.57 Å². The van der Waals surface area contributed by atoms with Crippen LogP contribution < -0.4 is 0 Å². The van der Waals surface area contributed by atoms with Crippen molar-refractivity contribution in [1.29, 1.82) is 0 Å². The highest BCUT2D eigenvalue weighted by Crippen LogP contribution is 2.58. The molecule has 0 heterocycles. The summed E-state index contributed by atoms with van der Waals surface area (Å²) in [5, 5.41) is 0. The van der Waals surface area contributed by atoms with E-state index in [1.807, 2.05) is 6.92 Å². The molecule has 0 aromatic heterocycles. The molecule has 2 aliphatic rings. The average Bonchev–Trinajstić information content (AvgIpc) is 2.90. The fourth-order valence-electron chi connectivity index (χ4n) is 2.45. The lowest BCUT2D eigenvalue weighted by atomic mass is 10.0. The minimum absolute atomic E-state index is 0.0319. The molecular weight excluding hydrogens is 213 g/mol. The van der Waals surface area contributed by atoms with Gasteiger partial charge in [0.2, 0.25) is 0 Å². The van der Waals surface area contributed by atoms with E-state index >= 15 is 0 Å². The number of hydrogen-bond donors (Lipinski definition) is 0. The Morgan fingerprint density at radius 1 is 1.44 bits per heavy atom. The Labute approximate surface area is 93.5 Å². The fourth-order valence-corrected chi connectivity index (χ4v) is 2.45. The van der Waals surface area contributed by atoms with Crippen molar-refractivity contribution in [2.24, 2.45) is 11.8 Å². The summed E-state index contributed by atoms with van der Waals surface area (Å²) in [6.45, 7) is 7.36. The molecule has 1 fully saturated rings. The summed E-state index contributed by atoms with van der Waals surface area (Å²) in [5.74, 6) is 0.744. The van der Waals surface area contributed by atoms with E-state index in [0.717, 1.165) is 23.1 Å². The van der Waals surface area contributed by atoms with Crippen LogP contribution in [-0.4, -0.2) is 6.18 Å². The van der Waals surface area contributed by atoms with Crippen LogP contribution in [0.3, 0.4) is 0 Å². The quantitative estimate of drug-likeness (QED) is 0.656. The Bertz CT molecular complexity index is 396. The van der Waals surface area contributed by atoms with Gasteiger partial charge >= 0.3 is 6.18 Å². The predicted molar refractivity (Wildman–Crippen MR) is 57.9 cm³/mol. The Morgan fingerprint density at radius 2 is 2.06 bits per heavy atom. The summed E-state index contributed by atoms with van der Waals surface area (Å²) in [6, 6.07) is 0. The van der Waals surface area contributed by atoms with Gasteiger partial charge in [-0.05, 0) is 48.3 Å². The van der Waals surface area contributed by atoms with Gasteiger partial charge in [-0.2, -0.15) is 13.2 Å². The maximum Gasteiger partial charge on any atom is 0.412 e. The van der Waals surface area contributed by atoms with Crippen molar-refractivity contribution in [3.63, 3.8) is 0 Å². The van der Waals surface area contributed by atoms with Crippen molar-refractivity contribution < 1.29 is 13.2 Å². The lowest BCUT2D eigenvalue weighted by Crippen LogP contribution is -2.11. The average molecular weight is 228 g/mol. The van der Waals surface area contributed by atoms with E-state index in [1.165, 1.54) is 6.08 Å². The van der Waals surface area contributed by atoms with E-state index in [2.05, 4.69) is 6.58 Å². The van der Waals surface area contributed by atoms with Crippen molar-refractivity contribution in [3.05, 3.63) is 34.9 Å². The largest absolute Gasteiger partial charge is 0.412 e. The van der Waals surface area contributed by atoms with E-state index in [0.29, 0.717) is 11.8 Å². The number of allylic oxidation sites excluding steroid dienone is 5. The van der Waals surface area contributed by atoms with Gasteiger partial charge in [0.25, 0.3) is 0 Å². The van der Waals surface area contributed by atoms with Gasteiger partial charge in [-0.1, -0.05) is 19.6 Å². The molecule has 0 radical (unpaired) electrons. The zero-order valence-electron chi connectivity index (χ0n) is 9.49. The maximum absolute atomic E-state index is 12.6. The first-order valence-corrected chi connectivity index (χ1v) is 5.54. The van der Waals surface area contributed by atoms with E-state index in [-0.39, 0.29) is 6.42 Å². The molecule has 0 saturated heterocycles. The van der Waals surface area contributed by atoms with Crippen LogP contribution >= 0.6 is 0 Å². The van der Waals surface area contributed by atoms with Crippen LogP contribution in [0.2, 0.25) is 0 Å². The molecule has 0 bridgehead atoms. The molecule has 0 nitrogen and oxygen atoms in total. The second-order valence-electron chi connectivity index (χ2n) is 4.58. The molecular formula is C13H15F3. The molecule has 0 aromatic rings. The molecule has 0 amide bonds. The lowest BCUT2D eigenvalue weighted by molar-refractivity contribution is -0.0935. The fraction of sp³-hybridized carbons (Fsp3) is 0.538. The summed E-state index contributed by atoms with van der Waals surface area (Å²) in [5.41, 5.74) is 2.44. The molecule has 1 unspecified atom stereocenters. The standard InChI is InChI=1S/C13H15F3/c1-4-9(13(14,15)16)5-10-7(2)8(3)11-6-12(10)11/h5,11-12H,3-4,6H2,1-2H3/b9-5+/t11?,12-/m0/s1. The third-order valence-electron chi connectivity index (χ3n) is 3.63. The molecule has 0 aromatic carbocycles. The van der Waals surface area contributed by atoms with E-state index in [1.54, 1.807) is 6.92 Å². The minimum Gasteiger partial charge on any atom is -0.166 e. The monoisotopic (exact) mass is 228 g/mol. The van der Waals surface area contributed by atoms with Crippen molar-refractivity contribution >= 4 is 0 Å². The Kier molecular flexibility index (Phi) is 2.52. The Morgan fingerprint density at radius 3 is 2.44 bits per heavy atom. The molecule has 3 heteroatoms. The smallest absolute Gasteiger partial charge is 0.166 e. The first kappa shape index (κ1) is 11.5. The van der Waals surface area contributed by atoms with Gasteiger partial charge < -0.3 is 0 Å². The van der Waals surface area contributed by atoms with E-state index in [9.17, 15) is 13.2 Å². The van der Waals surface area contributed by atoms with Crippen LogP contribution in [-0.2, 0) is 0 Å². The molecule has 1 saturated carbocycles. The number of halogens is 3. The summed E-state index contributed by atoms with van der Waals surface area (Å²) in [7, 11) is 0. The number of rotatable bonds is 2. The van der Waals surface area contributed by atoms with Crippen LogP contribution in [0.25, 0.3) is 0 Å². The van der Waals surface area contributed by atoms with Gasteiger partial charge in [0.1, 0.15) is 0 Å². The Hall–Kier alpha value is -0.990.